The summed E-state index contributed by atoms with van der Waals surface area (Å²) in [6, 6.07) is 18.1. The zero-order chi connectivity index (χ0) is 17.9. The van der Waals surface area contributed by atoms with Gasteiger partial charge in [0, 0.05) is 24.0 Å². The third-order valence-corrected chi connectivity index (χ3v) is 4.89. The van der Waals surface area contributed by atoms with E-state index in [0.29, 0.717) is 5.75 Å². The molecule has 132 valence electrons. The van der Waals surface area contributed by atoms with Gasteiger partial charge < -0.3 is 9.64 Å². The number of amides is 1. The second-order valence-electron chi connectivity index (χ2n) is 6.74. The predicted octanol–water partition coefficient (Wildman–Crippen LogP) is 4.21. The maximum Gasteiger partial charge on any atom is 0.260 e. The molecule has 0 spiro atoms. The van der Waals surface area contributed by atoms with Gasteiger partial charge >= 0.3 is 0 Å². The fraction of sp³-hybridized carbons (Fsp3) is 0.273. The molecule has 26 heavy (non-hydrogen) atoms. The first kappa shape index (κ1) is 16.6. The molecule has 1 fully saturated rings. The molecule has 4 heteroatoms. The van der Waals surface area contributed by atoms with Gasteiger partial charge in [0.1, 0.15) is 5.75 Å². The molecule has 0 radical (unpaired) electrons. The van der Waals surface area contributed by atoms with E-state index in [1.165, 1.54) is 10.9 Å². The van der Waals surface area contributed by atoms with Crippen molar-refractivity contribution in [3.63, 3.8) is 0 Å². The van der Waals surface area contributed by atoms with Gasteiger partial charge in [-0.2, -0.15) is 0 Å². The number of aryl methyl sites for hydroxylation is 1. The van der Waals surface area contributed by atoms with Crippen molar-refractivity contribution in [3.05, 3.63) is 60.2 Å². The lowest BCUT2D eigenvalue weighted by Gasteiger charge is -2.15. The molecule has 1 aliphatic rings. The fourth-order valence-corrected chi connectivity index (χ4v) is 3.42. The Kier molecular flexibility index (Phi) is 4.57. The molecule has 0 bridgehead atoms. The summed E-state index contributed by atoms with van der Waals surface area (Å²) >= 11 is 0. The smallest absolute Gasteiger partial charge is 0.260 e. The molecule has 4 rings (SSSR count). The molecule has 4 nitrogen and oxygen atoms in total. The van der Waals surface area contributed by atoms with Crippen molar-refractivity contribution in [2.24, 2.45) is 0 Å². The molecule has 1 saturated heterocycles. The molecule has 0 aliphatic carbocycles. The number of nitrogens with zero attached hydrogens (tertiary/aromatic N) is 2. The highest BCUT2D eigenvalue weighted by Gasteiger charge is 2.18. The second kappa shape index (κ2) is 7.16. The number of likely N-dealkylation sites (tertiary alicyclic amines) is 1. The first-order valence-corrected chi connectivity index (χ1v) is 9.08. The SMILES string of the molecule is Cc1cc(-c2ccc(OCC(=O)N3CCCC3)cc2)nc2ccccc12. The molecule has 3 aromatic rings. The number of rotatable bonds is 4. The number of benzene rings is 2. The van der Waals surface area contributed by atoms with Gasteiger partial charge in [0.25, 0.3) is 5.91 Å². The van der Waals surface area contributed by atoms with E-state index >= 15 is 0 Å². The van der Waals surface area contributed by atoms with Crippen LogP contribution in [0.25, 0.3) is 22.2 Å². The van der Waals surface area contributed by atoms with E-state index in [2.05, 4.69) is 19.1 Å². The summed E-state index contributed by atoms with van der Waals surface area (Å²) in [6.45, 7) is 3.92. The molecule has 0 atom stereocenters. The highest BCUT2D eigenvalue weighted by atomic mass is 16.5. The van der Waals surface area contributed by atoms with Crippen LogP contribution in [0, 0.1) is 6.92 Å². The lowest BCUT2D eigenvalue weighted by Crippen LogP contribution is -2.32. The fourth-order valence-electron chi connectivity index (χ4n) is 3.42. The van der Waals surface area contributed by atoms with Crippen molar-refractivity contribution in [1.82, 2.24) is 9.88 Å². The number of para-hydroxylation sites is 1. The van der Waals surface area contributed by atoms with Crippen molar-refractivity contribution in [2.45, 2.75) is 19.8 Å². The molecule has 2 heterocycles. The lowest BCUT2D eigenvalue weighted by molar-refractivity contribution is -0.132. The van der Waals surface area contributed by atoms with E-state index in [1.807, 2.05) is 47.4 Å². The number of hydrogen-bond acceptors (Lipinski definition) is 3. The number of aromatic nitrogens is 1. The van der Waals surface area contributed by atoms with Crippen molar-refractivity contribution >= 4 is 16.8 Å². The average Bonchev–Trinajstić information content (AvgIpc) is 3.21. The van der Waals surface area contributed by atoms with Crippen LogP contribution in [0.4, 0.5) is 0 Å². The molecule has 1 amide bonds. The average molecular weight is 346 g/mol. The van der Waals surface area contributed by atoms with Crippen LogP contribution in [0.3, 0.4) is 0 Å². The van der Waals surface area contributed by atoms with Crippen LogP contribution in [0.2, 0.25) is 0 Å². The highest BCUT2D eigenvalue weighted by molar-refractivity contribution is 5.85. The second-order valence-corrected chi connectivity index (χ2v) is 6.74. The van der Waals surface area contributed by atoms with E-state index in [-0.39, 0.29) is 12.5 Å². The maximum atomic E-state index is 12.1. The molecular weight excluding hydrogens is 324 g/mol. The van der Waals surface area contributed by atoms with E-state index in [0.717, 1.165) is 42.7 Å². The summed E-state index contributed by atoms with van der Waals surface area (Å²) in [5.74, 6) is 0.775. The number of ether oxygens (including phenoxy) is 1. The Hall–Kier alpha value is -2.88. The first-order valence-electron chi connectivity index (χ1n) is 9.08. The molecule has 1 aromatic heterocycles. The lowest BCUT2D eigenvalue weighted by atomic mass is 10.1. The van der Waals surface area contributed by atoms with Gasteiger partial charge in [-0.3, -0.25) is 4.79 Å². The van der Waals surface area contributed by atoms with Gasteiger partial charge in [-0.25, -0.2) is 4.98 Å². The van der Waals surface area contributed by atoms with Crippen LogP contribution in [0.5, 0.6) is 5.75 Å². The Morgan fingerprint density at radius 1 is 1.08 bits per heavy atom. The Morgan fingerprint density at radius 3 is 2.58 bits per heavy atom. The molecule has 2 aromatic carbocycles. The number of carbonyl (C=O) groups is 1. The Labute approximate surface area is 153 Å². The van der Waals surface area contributed by atoms with Gasteiger partial charge in [-0.05, 0) is 61.7 Å². The Balaban J connectivity index is 1.48. The number of carbonyl (C=O) groups excluding carboxylic acids is 1. The van der Waals surface area contributed by atoms with Gasteiger partial charge in [-0.15, -0.1) is 0 Å². The van der Waals surface area contributed by atoms with E-state index < -0.39 is 0 Å². The minimum atomic E-state index is 0.0680. The summed E-state index contributed by atoms with van der Waals surface area (Å²) in [5.41, 5.74) is 4.19. The van der Waals surface area contributed by atoms with Gasteiger partial charge in [0.05, 0.1) is 11.2 Å². The van der Waals surface area contributed by atoms with Crippen LogP contribution in [0.15, 0.2) is 54.6 Å². The topological polar surface area (TPSA) is 42.4 Å². The number of fused-ring (bicyclic) bond motifs is 1. The van der Waals surface area contributed by atoms with Crippen LogP contribution >= 0.6 is 0 Å². The standard InChI is InChI=1S/C22H22N2O2/c1-16-14-21(23-20-7-3-2-6-19(16)20)17-8-10-18(11-9-17)26-15-22(25)24-12-4-5-13-24/h2-3,6-11,14H,4-5,12-13,15H2,1H3. The zero-order valence-corrected chi connectivity index (χ0v) is 14.9. The molecule has 0 unspecified atom stereocenters. The van der Waals surface area contributed by atoms with E-state index in [1.54, 1.807) is 0 Å². The zero-order valence-electron chi connectivity index (χ0n) is 14.9. The van der Waals surface area contributed by atoms with Crippen molar-refractivity contribution in [1.29, 1.82) is 0 Å². The van der Waals surface area contributed by atoms with Crippen LogP contribution in [-0.4, -0.2) is 35.5 Å². The molecule has 0 N–H and O–H groups in total. The molecule has 0 saturated carbocycles. The van der Waals surface area contributed by atoms with Gasteiger partial charge in [-0.1, -0.05) is 18.2 Å². The number of hydrogen-bond donors (Lipinski definition) is 0. The summed E-state index contributed by atoms with van der Waals surface area (Å²) in [7, 11) is 0. The van der Waals surface area contributed by atoms with E-state index in [4.69, 9.17) is 9.72 Å². The monoisotopic (exact) mass is 346 g/mol. The summed E-state index contributed by atoms with van der Waals surface area (Å²) in [4.78, 5) is 18.7. The molecule has 1 aliphatic heterocycles. The predicted molar refractivity (Wildman–Crippen MR) is 103 cm³/mol. The van der Waals surface area contributed by atoms with Gasteiger partial charge in [0.15, 0.2) is 6.61 Å². The summed E-state index contributed by atoms with van der Waals surface area (Å²) < 4.78 is 5.65. The normalized spacial score (nSPS) is 14.0. The third-order valence-electron chi connectivity index (χ3n) is 4.89. The quantitative estimate of drug-likeness (QED) is 0.711. The van der Waals surface area contributed by atoms with Gasteiger partial charge in [0.2, 0.25) is 0 Å². The van der Waals surface area contributed by atoms with E-state index in [9.17, 15) is 4.79 Å². The van der Waals surface area contributed by atoms with Crippen LogP contribution in [-0.2, 0) is 4.79 Å². The largest absolute Gasteiger partial charge is 0.484 e. The van der Waals surface area contributed by atoms with Crippen LogP contribution in [0.1, 0.15) is 18.4 Å². The van der Waals surface area contributed by atoms with Crippen molar-refractivity contribution < 1.29 is 9.53 Å². The summed E-state index contributed by atoms with van der Waals surface area (Å²) in [6.07, 6.45) is 2.19. The van der Waals surface area contributed by atoms with Crippen LogP contribution < -0.4 is 4.74 Å². The minimum absolute atomic E-state index is 0.0680. The Bertz CT molecular complexity index is 929. The highest BCUT2D eigenvalue weighted by Crippen LogP contribution is 2.26. The summed E-state index contributed by atoms with van der Waals surface area (Å²) in [5, 5.41) is 1.18. The number of pyridine rings is 1. The minimum Gasteiger partial charge on any atom is -0.484 e. The van der Waals surface area contributed by atoms with Crippen molar-refractivity contribution in [2.75, 3.05) is 19.7 Å². The Morgan fingerprint density at radius 2 is 1.81 bits per heavy atom. The maximum absolute atomic E-state index is 12.1. The third kappa shape index (κ3) is 3.40. The van der Waals surface area contributed by atoms with Crippen molar-refractivity contribution in [3.8, 4) is 17.0 Å². The molecular formula is C22H22N2O2. The first-order chi connectivity index (χ1) is 12.7.